The second kappa shape index (κ2) is 7.41. The van der Waals surface area contributed by atoms with Gasteiger partial charge in [-0.2, -0.15) is 9.29 Å². The maximum Gasteiger partial charge on any atom is 0.259 e. The Morgan fingerprint density at radius 2 is 2.08 bits per heavy atom. The van der Waals surface area contributed by atoms with Gasteiger partial charge in [0.25, 0.3) is 5.89 Å². The average Bonchev–Trinajstić information content (AvgIpc) is 3.27. The van der Waals surface area contributed by atoms with Gasteiger partial charge < -0.3 is 9.84 Å². The van der Waals surface area contributed by atoms with Crippen LogP contribution in [0.5, 0.6) is 0 Å². The Hall–Kier alpha value is -1.48. The third-order valence-electron chi connectivity index (χ3n) is 4.32. The van der Waals surface area contributed by atoms with E-state index in [2.05, 4.69) is 15.5 Å². The van der Waals surface area contributed by atoms with Gasteiger partial charge in [0.2, 0.25) is 10.0 Å². The van der Waals surface area contributed by atoms with Crippen LogP contribution in [0.25, 0.3) is 11.5 Å². The molecule has 1 unspecified atom stereocenters. The zero-order valence-electron chi connectivity index (χ0n) is 14.2. The van der Waals surface area contributed by atoms with Crippen molar-refractivity contribution in [2.45, 2.75) is 37.1 Å². The molecule has 136 valence electrons. The first-order chi connectivity index (χ1) is 11.9. The molecule has 3 rings (SSSR count). The third kappa shape index (κ3) is 3.87. The first kappa shape index (κ1) is 18.3. The zero-order valence-corrected chi connectivity index (χ0v) is 15.8. The monoisotopic (exact) mass is 384 g/mol. The van der Waals surface area contributed by atoms with Gasteiger partial charge in [-0.15, -0.1) is 0 Å². The molecule has 1 aromatic heterocycles. The molecule has 0 saturated carbocycles. The maximum atomic E-state index is 12.7. The van der Waals surface area contributed by atoms with E-state index in [1.165, 1.54) is 16.4 Å². The van der Waals surface area contributed by atoms with E-state index in [0.717, 1.165) is 12.8 Å². The first-order valence-electron chi connectivity index (χ1n) is 8.21. The fourth-order valence-corrected chi connectivity index (χ4v) is 4.47. The molecule has 7 nitrogen and oxygen atoms in total. The predicted molar refractivity (Wildman–Crippen MR) is 95.0 cm³/mol. The average molecular weight is 385 g/mol. The Morgan fingerprint density at radius 1 is 1.36 bits per heavy atom. The highest BCUT2D eigenvalue weighted by molar-refractivity contribution is 7.89. The Morgan fingerprint density at radius 3 is 2.76 bits per heavy atom. The van der Waals surface area contributed by atoms with Crippen LogP contribution in [-0.2, 0) is 16.4 Å². The largest absolute Gasteiger partial charge is 0.334 e. The van der Waals surface area contributed by atoms with Crippen LogP contribution in [-0.4, -0.2) is 49.0 Å². The van der Waals surface area contributed by atoms with Gasteiger partial charge >= 0.3 is 0 Å². The lowest BCUT2D eigenvalue weighted by atomic mass is 10.2. The van der Waals surface area contributed by atoms with Crippen molar-refractivity contribution in [3.63, 3.8) is 0 Å². The fourth-order valence-electron chi connectivity index (χ4n) is 2.73. The van der Waals surface area contributed by atoms with Crippen molar-refractivity contribution in [1.82, 2.24) is 19.8 Å². The molecule has 0 aliphatic carbocycles. The highest BCUT2D eigenvalue weighted by atomic mass is 35.5. The number of rotatable bonds is 6. The summed E-state index contributed by atoms with van der Waals surface area (Å²) in [5.41, 5.74) is 0.429. The van der Waals surface area contributed by atoms with Crippen LogP contribution in [0.3, 0.4) is 0 Å². The summed E-state index contributed by atoms with van der Waals surface area (Å²) in [6, 6.07) is 4.77. The van der Waals surface area contributed by atoms with E-state index in [-0.39, 0.29) is 16.8 Å². The normalized spacial score (nSPS) is 17.1. The topological polar surface area (TPSA) is 88.3 Å². The zero-order chi connectivity index (χ0) is 18.0. The van der Waals surface area contributed by atoms with E-state index in [4.69, 9.17) is 16.1 Å². The molecule has 1 atom stereocenters. The van der Waals surface area contributed by atoms with E-state index in [1.54, 1.807) is 6.07 Å². The molecule has 2 heterocycles. The minimum absolute atomic E-state index is 0.192. The summed E-state index contributed by atoms with van der Waals surface area (Å²) in [6.45, 7) is 3.10. The van der Waals surface area contributed by atoms with Crippen LogP contribution in [0.15, 0.2) is 27.6 Å². The van der Waals surface area contributed by atoms with Crippen LogP contribution in [0.2, 0.25) is 5.02 Å². The van der Waals surface area contributed by atoms with Gasteiger partial charge in [-0.25, -0.2) is 8.42 Å². The summed E-state index contributed by atoms with van der Waals surface area (Å²) in [7, 11) is -1.67. The quantitative estimate of drug-likeness (QED) is 0.822. The van der Waals surface area contributed by atoms with Crippen molar-refractivity contribution in [2.75, 3.05) is 20.1 Å². The smallest absolute Gasteiger partial charge is 0.259 e. The SMILES string of the molecule is CNC(C)Cc1noc(-c2cc(S(=O)(=O)N3CCCC3)ccc2Cl)n1. The van der Waals surface area contributed by atoms with E-state index in [0.29, 0.717) is 35.9 Å². The molecule has 2 aromatic rings. The molecule has 25 heavy (non-hydrogen) atoms. The van der Waals surface area contributed by atoms with Crippen LogP contribution in [0, 0.1) is 0 Å². The number of aromatic nitrogens is 2. The Kier molecular flexibility index (Phi) is 5.43. The summed E-state index contributed by atoms with van der Waals surface area (Å²) in [6.07, 6.45) is 2.37. The molecule has 0 amide bonds. The third-order valence-corrected chi connectivity index (χ3v) is 6.54. The second-order valence-corrected chi connectivity index (χ2v) is 8.51. The number of sulfonamides is 1. The number of nitrogens with one attached hydrogen (secondary N) is 1. The molecule has 1 aliphatic heterocycles. The highest BCUT2D eigenvalue weighted by Crippen LogP contribution is 2.31. The minimum Gasteiger partial charge on any atom is -0.334 e. The molecular weight excluding hydrogens is 364 g/mol. The standard InChI is InChI=1S/C16H21ClN4O3S/c1-11(18-2)9-15-19-16(24-20-15)13-10-12(5-6-14(13)17)25(22,23)21-7-3-4-8-21/h5-6,10-11,18H,3-4,7-9H2,1-2H3. The summed E-state index contributed by atoms with van der Waals surface area (Å²) >= 11 is 6.23. The number of hydrogen-bond acceptors (Lipinski definition) is 6. The van der Waals surface area contributed by atoms with Crippen molar-refractivity contribution in [2.24, 2.45) is 0 Å². The van der Waals surface area contributed by atoms with Gasteiger partial charge in [0.05, 0.1) is 15.5 Å². The molecule has 1 aromatic carbocycles. The summed E-state index contributed by atoms with van der Waals surface area (Å²) in [4.78, 5) is 4.53. The van der Waals surface area contributed by atoms with Crippen molar-refractivity contribution >= 4 is 21.6 Å². The lowest BCUT2D eigenvalue weighted by Crippen LogP contribution is -2.27. The first-order valence-corrected chi connectivity index (χ1v) is 10.0. The summed E-state index contributed by atoms with van der Waals surface area (Å²) < 4.78 is 32.2. The van der Waals surface area contributed by atoms with E-state index >= 15 is 0 Å². The Balaban J connectivity index is 1.92. The molecular formula is C16H21ClN4O3S. The van der Waals surface area contributed by atoms with Crippen LogP contribution in [0.4, 0.5) is 0 Å². The van der Waals surface area contributed by atoms with Crippen molar-refractivity contribution in [1.29, 1.82) is 0 Å². The van der Waals surface area contributed by atoms with Gasteiger partial charge in [-0.05, 0) is 45.0 Å². The molecule has 9 heteroatoms. The number of hydrogen-bond donors (Lipinski definition) is 1. The molecule has 1 fully saturated rings. The maximum absolute atomic E-state index is 12.7. The van der Waals surface area contributed by atoms with Gasteiger partial charge in [0.1, 0.15) is 0 Å². The Labute approximate surface area is 152 Å². The number of likely N-dealkylation sites (N-methyl/N-ethyl adjacent to an activating group) is 1. The molecule has 1 saturated heterocycles. The van der Waals surface area contributed by atoms with Crippen LogP contribution < -0.4 is 5.32 Å². The van der Waals surface area contributed by atoms with Gasteiger partial charge in [0, 0.05) is 25.6 Å². The predicted octanol–water partition coefficient (Wildman–Crippen LogP) is 2.32. The summed E-state index contributed by atoms with van der Waals surface area (Å²) in [5, 5.41) is 7.42. The van der Waals surface area contributed by atoms with Crippen LogP contribution >= 0.6 is 11.6 Å². The number of benzene rings is 1. The number of halogens is 1. The lowest BCUT2D eigenvalue weighted by molar-refractivity contribution is 0.418. The molecule has 1 N–H and O–H groups in total. The molecule has 0 spiro atoms. The van der Waals surface area contributed by atoms with E-state index in [1.807, 2.05) is 14.0 Å². The Bertz CT molecular complexity index is 847. The lowest BCUT2D eigenvalue weighted by Gasteiger charge is -2.16. The van der Waals surface area contributed by atoms with Gasteiger partial charge in [0.15, 0.2) is 5.82 Å². The fraction of sp³-hybridized carbons (Fsp3) is 0.500. The molecule has 1 aliphatic rings. The molecule has 0 bridgehead atoms. The van der Waals surface area contributed by atoms with Crippen molar-refractivity contribution in [3.05, 3.63) is 29.0 Å². The number of nitrogens with zero attached hydrogens (tertiary/aromatic N) is 3. The molecule has 0 radical (unpaired) electrons. The second-order valence-electron chi connectivity index (χ2n) is 6.16. The van der Waals surface area contributed by atoms with Gasteiger partial charge in [-0.1, -0.05) is 16.8 Å². The highest BCUT2D eigenvalue weighted by Gasteiger charge is 2.28. The summed E-state index contributed by atoms with van der Waals surface area (Å²) in [5.74, 6) is 0.766. The van der Waals surface area contributed by atoms with Crippen molar-refractivity contribution < 1.29 is 12.9 Å². The van der Waals surface area contributed by atoms with Crippen molar-refractivity contribution in [3.8, 4) is 11.5 Å². The van der Waals surface area contributed by atoms with Crippen LogP contribution in [0.1, 0.15) is 25.6 Å². The van der Waals surface area contributed by atoms with Gasteiger partial charge in [-0.3, -0.25) is 0 Å². The van der Waals surface area contributed by atoms with E-state index < -0.39 is 10.0 Å². The minimum atomic E-state index is -3.53. The van der Waals surface area contributed by atoms with E-state index in [9.17, 15) is 8.42 Å².